The first-order chi connectivity index (χ1) is 22.1. The monoisotopic (exact) mass is 767 g/mol. The number of carbonyl (C=O) groups excluding carboxylic acids is 4. The molecule has 0 radical (unpaired) electrons. The third-order valence-electron chi connectivity index (χ3n) is 7.45. The van der Waals surface area contributed by atoms with Crippen LogP contribution in [0.4, 0.5) is 9.93 Å². The average molecular weight is 769 g/mol. The van der Waals surface area contributed by atoms with E-state index in [4.69, 9.17) is 19.9 Å². The number of nitrogen functional groups attached to an aromatic ring is 1. The van der Waals surface area contributed by atoms with Crippen molar-refractivity contribution >= 4 is 88.7 Å². The molecule has 16 nitrogen and oxygen atoms in total. The summed E-state index contributed by atoms with van der Waals surface area (Å²) in [5.41, 5.74) is 6.83. The molecule has 48 heavy (non-hydrogen) atoms. The molecule has 0 spiro atoms. The molecule has 1 saturated heterocycles. The van der Waals surface area contributed by atoms with Crippen LogP contribution in [0.5, 0.6) is 0 Å². The molecule has 0 aromatic carbocycles. The molecule has 2 amide bonds. The minimum absolute atomic E-state index is 0. The van der Waals surface area contributed by atoms with Crippen LogP contribution in [0.25, 0.3) is 0 Å². The molecule has 1 saturated carbocycles. The third-order valence-corrected chi connectivity index (χ3v) is 10.6. The number of rotatable bonds is 13. The number of likely N-dealkylation sites (N-methyl/N-ethyl adjacent to an activating group) is 1. The van der Waals surface area contributed by atoms with Gasteiger partial charge in [-0.15, -0.1) is 53.0 Å². The van der Waals surface area contributed by atoms with Crippen molar-refractivity contribution in [3.8, 4) is 0 Å². The maximum Gasteiger partial charge on any atom is 0.511 e. The largest absolute Gasteiger partial charge is 0.511 e. The van der Waals surface area contributed by atoms with Crippen molar-refractivity contribution in [3.05, 3.63) is 22.3 Å². The normalized spacial score (nSPS) is 19.8. The molecule has 2 aromatic heterocycles. The number of amides is 2. The van der Waals surface area contributed by atoms with Crippen molar-refractivity contribution in [2.45, 2.75) is 81.0 Å². The SMILES string of the molecule is CC(OC(=O)OC1CCCCC1)OC(=O)C1=C(CSc2nnnn2CCN(C)C)CSC2[C@H](NC(=O)Cc3csc(N)n3)C(=O)N12.Cl.Cl. The third kappa shape index (κ3) is 10.1. The highest BCUT2D eigenvalue weighted by molar-refractivity contribution is 8.01. The van der Waals surface area contributed by atoms with Crippen LogP contribution in [-0.4, -0.2) is 115 Å². The van der Waals surface area contributed by atoms with Crippen LogP contribution < -0.4 is 11.1 Å². The van der Waals surface area contributed by atoms with Crippen LogP contribution in [0.15, 0.2) is 21.8 Å². The van der Waals surface area contributed by atoms with Crippen LogP contribution in [-0.2, 0) is 41.6 Å². The van der Waals surface area contributed by atoms with E-state index in [2.05, 4.69) is 25.8 Å². The molecule has 266 valence electrons. The fourth-order valence-electron chi connectivity index (χ4n) is 5.18. The molecule has 3 N–H and O–H groups in total. The number of nitrogens with two attached hydrogens (primary N) is 1. The molecule has 0 bridgehead atoms. The topological polar surface area (TPSA) is 197 Å². The summed E-state index contributed by atoms with van der Waals surface area (Å²) in [6.45, 7) is 2.70. The number of nitrogens with zero attached hydrogens (tertiary/aromatic N) is 7. The zero-order chi connectivity index (χ0) is 32.8. The van der Waals surface area contributed by atoms with Gasteiger partial charge < -0.3 is 30.2 Å². The Kier molecular flexibility index (Phi) is 15.0. The summed E-state index contributed by atoms with van der Waals surface area (Å²) in [5, 5.41) is 16.8. The first kappa shape index (κ1) is 39.6. The maximum atomic E-state index is 13.6. The number of hydrogen-bond acceptors (Lipinski definition) is 16. The first-order valence-corrected chi connectivity index (χ1v) is 17.8. The fraction of sp³-hybridized carbons (Fsp3) is 0.630. The summed E-state index contributed by atoms with van der Waals surface area (Å²) in [5.74, 6) is -1.01. The number of fused-ring (bicyclic) bond motifs is 1. The molecule has 1 aliphatic carbocycles. The average Bonchev–Trinajstić information content (AvgIpc) is 3.65. The Hall–Kier alpha value is -2.84. The van der Waals surface area contributed by atoms with Crippen LogP contribution in [0.1, 0.15) is 44.7 Å². The number of carbonyl (C=O) groups is 4. The number of esters is 1. The molecule has 3 atom stereocenters. The second-order valence-corrected chi connectivity index (χ2v) is 14.2. The van der Waals surface area contributed by atoms with E-state index in [-0.39, 0.29) is 54.7 Å². The molecular weight excluding hydrogens is 729 g/mol. The zero-order valence-corrected chi connectivity index (χ0v) is 30.6. The number of anilines is 1. The van der Waals surface area contributed by atoms with Gasteiger partial charge in [0.2, 0.25) is 17.4 Å². The lowest BCUT2D eigenvalue weighted by atomic mass is 9.98. The highest BCUT2D eigenvalue weighted by Gasteiger charge is 2.54. The van der Waals surface area contributed by atoms with Crippen LogP contribution in [0, 0.1) is 0 Å². The Bertz CT molecular complexity index is 1470. The molecule has 2 unspecified atom stereocenters. The highest BCUT2D eigenvalue weighted by Crippen LogP contribution is 2.42. The van der Waals surface area contributed by atoms with Crippen molar-refractivity contribution in [1.29, 1.82) is 0 Å². The number of tetrazole rings is 1. The second-order valence-electron chi connectivity index (χ2n) is 11.3. The fourth-order valence-corrected chi connectivity index (χ4v) is 8.13. The molecule has 21 heteroatoms. The lowest BCUT2D eigenvalue weighted by Crippen LogP contribution is -2.70. The van der Waals surface area contributed by atoms with Crippen LogP contribution in [0.2, 0.25) is 0 Å². The van der Waals surface area contributed by atoms with Crippen molar-refractivity contribution in [2.24, 2.45) is 0 Å². The Labute approximate surface area is 302 Å². The van der Waals surface area contributed by atoms with E-state index < -0.39 is 35.7 Å². The Morgan fingerprint density at radius 1 is 1.19 bits per heavy atom. The Morgan fingerprint density at radius 2 is 1.94 bits per heavy atom. The molecule has 3 aliphatic rings. The van der Waals surface area contributed by atoms with Gasteiger partial charge in [0.1, 0.15) is 23.2 Å². The minimum atomic E-state index is -1.27. The summed E-state index contributed by atoms with van der Waals surface area (Å²) in [4.78, 5) is 59.6. The lowest BCUT2D eigenvalue weighted by Gasteiger charge is -2.49. The van der Waals surface area contributed by atoms with E-state index in [0.717, 1.165) is 38.6 Å². The minimum Gasteiger partial charge on any atom is -0.431 e. The number of β-lactam (4-membered cyclic amide) rings is 1. The standard InChI is InChI=1S/C27H37N9O7S3.2ClH/c1-15(42-27(40)43-18-7-5-4-6-8-18)41-24(39)21-16(13-46-26-31-32-33-35(26)10-9-34(2)3)12-44-23-20(22(38)36(21)23)30-19(37)11-17-14-45-25(28)29-17;;/h14-15,18,20,23H,4-13H2,1-3H3,(H2,28,29)(H,30,37);2*1H/t15?,20-,23?;;/m1../s1. The number of ether oxygens (including phenoxy) is 3. The van der Waals surface area contributed by atoms with Crippen LogP contribution >= 0.6 is 59.7 Å². The van der Waals surface area contributed by atoms with Gasteiger partial charge in [-0.2, -0.15) is 0 Å². The van der Waals surface area contributed by atoms with Gasteiger partial charge in [-0.3, -0.25) is 14.5 Å². The second kappa shape index (κ2) is 18.2. The van der Waals surface area contributed by atoms with Gasteiger partial charge in [-0.1, -0.05) is 18.2 Å². The van der Waals surface area contributed by atoms with Gasteiger partial charge in [-0.05, 0) is 55.8 Å². The Balaban J connectivity index is 0.00000312. The van der Waals surface area contributed by atoms with E-state index in [1.807, 2.05) is 19.0 Å². The number of thiazole rings is 1. The van der Waals surface area contributed by atoms with E-state index >= 15 is 0 Å². The van der Waals surface area contributed by atoms with E-state index in [9.17, 15) is 19.2 Å². The van der Waals surface area contributed by atoms with E-state index in [0.29, 0.717) is 33.9 Å². The summed E-state index contributed by atoms with van der Waals surface area (Å²) in [6, 6.07) is -0.844. The summed E-state index contributed by atoms with van der Waals surface area (Å²) < 4.78 is 17.8. The van der Waals surface area contributed by atoms with Crippen LogP contribution in [0.3, 0.4) is 0 Å². The summed E-state index contributed by atoms with van der Waals surface area (Å²) in [6.07, 6.45) is 2.14. The van der Waals surface area contributed by atoms with Gasteiger partial charge in [0, 0.05) is 30.4 Å². The summed E-state index contributed by atoms with van der Waals surface area (Å²) >= 11 is 3.97. The first-order valence-electron chi connectivity index (χ1n) is 14.9. The number of nitrogens with one attached hydrogen (secondary N) is 1. The van der Waals surface area contributed by atoms with E-state index in [1.54, 1.807) is 10.1 Å². The predicted molar refractivity (Wildman–Crippen MR) is 184 cm³/mol. The smallest absolute Gasteiger partial charge is 0.431 e. The molecule has 4 heterocycles. The van der Waals surface area contributed by atoms with Gasteiger partial charge >= 0.3 is 12.1 Å². The van der Waals surface area contributed by atoms with Crippen molar-refractivity contribution in [1.82, 2.24) is 40.3 Å². The zero-order valence-electron chi connectivity index (χ0n) is 26.6. The quantitative estimate of drug-likeness (QED) is 0.130. The highest BCUT2D eigenvalue weighted by atomic mass is 35.5. The molecule has 5 rings (SSSR count). The van der Waals surface area contributed by atoms with Gasteiger partial charge in [0.05, 0.1) is 18.7 Å². The van der Waals surface area contributed by atoms with Crippen molar-refractivity contribution in [2.75, 3.05) is 37.9 Å². The number of hydrogen-bond donors (Lipinski definition) is 2. The molecule has 2 aromatic rings. The van der Waals surface area contributed by atoms with Gasteiger partial charge in [0.25, 0.3) is 5.91 Å². The molecule has 2 aliphatic heterocycles. The number of thioether (sulfide) groups is 2. The summed E-state index contributed by atoms with van der Waals surface area (Å²) in [7, 11) is 3.90. The predicted octanol–water partition coefficient (Wildman–Crippen LogP) is 2.48. The lowest BCUT2D eigenvalue weighted by molar-refractivity contribution is -0.170. The molecule has 2 fully saturated rings. The van der Waals surface area contributed by atoms with Gasteiger partial charge in [0.15, 0.2) is 5.13 Å². The van der Waals surface area contributed by atoms with Crippen molar-refractivity contribution < 1.29 is 33.4 Å². The van der Waals surface area contributed by atoms with E-state index in [1.165, 1.54) is 46.7 Å². The Morgan fingerprint density at radius 3 is 2.62 bits per heavy atom. The maximum absolute atomic E-state index is 13.6. The number of halogens is 2. The number of aromatic nitrogens is 5. The van der Waals surface area contributed by atoms with Gasteiger partial charge in [-0.25, -0.2) is 19.3 Å². The molecular formula is C27H39Cl2N9O7S3. The van der Waals surface area contributed by atoms with Crippen molar-refractivity contribution in [3.63, 3.8) is 0 Å².